The molecule has 1 aliphatic rings. The number of esters is 1. The van der Waals surface area contributed by atoms with Crippen LogP contribution in [0.25, 0.3) is 0 Å². The van der Waals surface area contributed by atoms with Crippen molar-refractivity contribution in [3.63, 3.8) is 0 Å². The highest BCUT2D eigenvalue weighted by Gasteiger charge is 2.27. The van der Waals surface area contributed by atoms with Crippen LogP contribution in [-0.4, -0.2) is 18.9 Å². The molecule has 0 heterocycles. The van der Waals surface area contributed by atoms with Crippen LogP contribution in [0.4, 0.5) is 0 Å². The van der Waals surface area contributed by atoms with Crippen LogP contribution in [-0.2, 0) is 14.3 Å². The number of hydrogen-bond donors (Lipinski definition) is 0. The molecule has 0 radical (unpaired) electrons. The van der Waals surface area contributed by atoms with Crippen LogP contribution in [0.1, 0.15) is 35.3 Å². The van der Waals surface area contributed by atoms with Gasteiger partial charge in [0, 0.05) is 0 Å². The fraction of sp³-hybridized carbons (Fsp3) is 0.385. The number of ether oxygens (including phenoxy) is 1. The van der Waals surface area contributed by atoms with Gasteiger partial charge in [-0.3, -0.25) is 4.79 Å². The summed E-state index contributed by atoms with van der Waals surface area (Å²) in [4.78, 5) is 22.6. The number of rotatable bonds is 4. The van der Waals surface area contributed by atoms with E-state index >= 15 is 0 Å². The molecule has 1 aliphatic carbocycles. The number of carbonyl (C=O) groups is 2. The van der Waals surface area contributed by atoms with Crippen LogP contribution in [0, 0.1) is 0 Å². The molecule has 3 nitrogen and oxygen atoms in total. The van der Waals surface area contributed by atoms with E-state index in [1.807, 2.05) is 12.1 Å². The number of methoxy groups -OCH3 is 1. The molecule has 4 heteroatoms. The van der Waals surface area contributed by atoms with Gasteiger partial charge in [0.1, 0.15) is 5.38 Å². The maximum atomic E-state index is 11.5. The summed E-state index contributed by atoms with van der Waals surface area (Å²) in [7, 11) is 1.17. The molecule has 0 N–H and O–H groups in total. The molecule has 90 valence electrons. The first-order valence-electron chi connectivity index (χ1n) is 5.49. The van der Waals surface area contributed by atoms with Crippen LogP contribution < -0.4 is 0 Å². The molecule has 1 aromatic carbocycles. The lowest BCUT2D eigenvalue weighted by molar-refractivity contribution is -0.151. The van der Waals surface area contributed by atoms with E-state index in [1.54, 1.807) is 12.1 Å². The highest BCUT2D eigenvalue weighted by atomic mass is 35.5. The first-order valence-corrected chi connectivity index (χ1v) is 5.93. The predicted octanol–water partition coefficient (Wildman–Crippen LogP) is 2.59. The molecule has 2 rings (SSSR count). The summed E-state index contributed by atoms with van der Waals surface area (Å²) in [5.74, 6) is -0.973. The number of carbonyl (C=O) groups excluding carboxylic acids is 2. The van der Waals surface area contributed by atoms with Gasteiger partial charge in [0.2, 0.25) is 0 Å². The Balaban J connectivity index is 2.10. The third-order valence-electron chi connectivity index (χ3n) is 2.89. The molecular weight excluding hydrogens is 240 g/mol. The normalized spacial score (nSPS) is 16.4. The van der Waals surface area contributed by atoms with Gasteiger partial charge in [-0.05, 0) is 29.9 Å². The van der Waals surface area contributed by atoms with Crippen LogP contribution >= 0.6 is 11.6 Å². The highest BCUT2D eigenvalue weighted by Crippen LogP contribution is 2.40. The Labute approximate surface area is 105 Å². The molecule has 1 unspecified atom stereocenters. The number of halogens is 1. The van der Waals surface area contributed by atoms with Crippen molar-refractivity contribution >= 4 is 23.4 Å². The highest BCUT2D eigenvalue weighted by molar-refractivity contribution is 6.47. The number of hydrogen-bond acceptors (Lipinski definition) is 3. The topological polar surface area (TPSA) is 43.4 Å². The second-order valence-electron chi connectivity index (χ2n) is 4.16. The largest absolute Gasteiger partial charge is 0.463 e. The SMILES string of the molecule is COC(=O)C(=O)C(Cl)c1ccc(C2CC2)cc1. The zero-order valence-corrected chi connectivity index (χ0v) is 10.2. The summed E-state index contributed by atoms with van der Waals surface area (Å²) in [5.41, 5.74) is 1.90. The molecular formula is C13H13ClO3. The number of benzene rings is 1. The lowest BCUT2D eigenvalue weighted by Crippen LogP contribution is -2.20. The maximum Gasteiger partial charge on any atom is 0.376 e. The molecule has 0 saturated heterocycles. The minimum absolute atomic E-state index is 0.631. The summed E-state index contributed by atoms with van der Waals surface area (Å²) in [5, 5.41) is -0.962. The lowest BCUT2D eigenvalue weighted by Gasteiger charge is -2.08. The van der Waals surface area contributed by atoms with Gasteiger partial charge in [-0.2, -0.15) is 0 Å². The summed E-state index contributed by atoms with van der Waals surface area (Å²) in [6, 6.07) is 7.53. The second kappa shape index (κ2) is 4.88. The molecule has 0 aliphatic heterocycles. The van der Waals surface area contributed by atoms with Crippen LogP contribution in [0.15, 0.2) is 24.3 Å². The standard InChI is InChI=1S/C13H13ClO3/c1-17-13(16)12(15)11(14)10-6-4-9(5-7-10)8-2-3-8/h4-8,11H,2-3H2,1H3. The predicted molar refractivity (Wildman–Crippen MR) is 64.0 cm³/mol. The van der Waals surface area contributed by atoms with Gasteiger partial charge in [0.15, 0.2) is 0 Å². The van der Waals surface area contributed by atoms with E-state index in [0.29, 0.717) is 11.5 Å². The number of alkyl halides is 1. The first kappa shape index (κ1) is 12.1. The maximum absolute atomic E-state index is 11.5. The molecule has 1 fully saturated rings. The Kier molecular flexibility index (Phi) is 3.48. The monoisotopic (exact) mass is 252 g/mol. The zero-order chi connectivity index (χ0) is 12.4. The van der Waals surface area contributed by atoms with Crippen molar-refractivity contribution in [1.29, 1.82) is 0 Å². The molecule has 0 amide bonds. The van der Waals surface area contributed by atoms with Crippen molar-refractivity contribution in [1.82, 2.24) is 0 Å². The summed E-state index contributed by atoms with van der Waals surface area (Å²) in [6.45, 7) is 0. The van der Waals surface area contributed by atoms with E-state index in [0.717, 1.165) is 0 Å². The van der Waals surface area contributed by atoms with Crippen molar-refractivity contribution in [3.05, 3.63) is 35.4 Å². The third-order valence-corrected chi connectivity index (χ3v) is 3.34. The molecule has 0 aromatic heterocycles. The van der Waals surface area contributed by atoms with Crippen LogP contribution in [0.2, 0.25) is 0 Å². The Morgan fingerprint density at radius 2 is 1.88 bits per heavy atom. The van der Waals surface area contributed by atoms with E-state index in [-0.39, 0.29) is 0 Å². The van der Waals surface area contributed by atoms with Gasteiger partial charge in [-0.25, -0.2) is 4.79 Å². The van der Waals surface area contributed by atoms with Gasteiger partial charge < -0.3 is 4.74 Å². The summed E-state index contributed by atoms with van der Waals surface area (Å²) >= 11 is 5.93. The average molecular weight is 253 g/mol. The van der Waals surface area contributed by atoms with Crippen molar-refractivity contribution < 1.29 is 14.3 Å². The van der Waals surface area contributed by atoms with Crippen molar-refractivity contribution in [2.75, 3.05) is 7.11 Å². The first-order chi connectivity index (χ1) is 8.13. The lowest BCUT2D eigenvalue weighted by atomic mass is 10.0. The van der Waals surface area contributed by atoms with Crippen molar-refractivity contribution in [2.45, 2.75) is 24.1 Å². The second-order valence-corrected chi connectivity index (χ2v) is 4.60. The van der Waals surface area contributed by atoms with Gasteiger partial charge in [-0.15, -0.1) is 11.6 Å². The average Bonchev–Trinajstić information content (AvgIpc) is 3.20. The Morgan fingerprint density at radius 1 is 1.29 bits per heavy atom. The summed E-state index contributed by atoms with van der Waals surface area (Å²) in [6.07, 6.45) is 2.45. The fourth-order valence-electron chi connectivity index (χ4n) is 1.71. The van der Waals surface area contributed by atoms with Crippen molar-refractivity contribution in [2.24, 2.45) is 0 Å². The fourth-order valence-corrected chi connectivity index (χ4v) is 1.94. The Hall–Kier alpha value is -1.35. The van der Waals surface area contributed by atoms with Crippen LogP contribution in [0.5, 0.6) is 0 Å². The minimum atomic E-state index is -0.962. The van der Waals surface area contributed by atoms with Gasteiger partial charge in [-0.1, -0.05) is 24.3 Å². The van der Waals surface area contributed by atoms with E-state index in [4.69, 9.17) is 11.6 Å². The zero-order valence-electron chi connectivity index (χ0n) is 9.48. The molecule has 0 bridgehead atoms. The van der Waals surface area contributed by atoms with E-state index in [1.165, 1.54) is 25.5 Å². The minimum Gasteiger partial charge on any atom is -0.463 e. The van der Waals surface area contributed by atoms with E-state index < -0.39 is 17.1 Å². The smallest absolute Gasteiger partial charge is 0.376 e. The van der Waals surface area contributed by atoms with Gasteiger partial charge in [0.25, 0.3) is 5.78 Å². The number of Topliss-reactive ketones (excluding diaryl/α,β-unsaturated/α-hetero) is 1. The third kappa shape index (κ3) is 2.67. The quantitative estimate of drug-likeness (QED) is 0.470. The van der Waals surface area contributed by atoms with Crippen LogP contribution in [0.3, 0.4) is 0 Å². The van der Waals surface area contributed by atoms with E-state index in [9.17, 15) is 9.59 Å². The molecule has 17 heavy (non-hydrogen) atoms. The number of ketones is 1. The molecule has 1 atom stereocenters. The van der Waals surface area contributed by atoms with Crippen molar-refractivity contribution in [3.8, 4) is 0 Å². The van der Waals surface area contributed by atoms with Gasteiger partial charge in [0.05, 0.1) is 7.11 Å². The molecule has 1 aromatic rings. The van der Waals surface area contributed by atoms with E-state index in [2.05, 4.69) is 4.74 Å². The molecule has 0 spiro atoms. The van der Waals surface area contributed by atoms with Gasteiger partial charge >= 0.3 is 5.97 Å². The molecule has 1 saturated carbocycles. The Bertz CT molecular complexity index is 434. The summed E-state index contributed by atoms with van der Waals surface area (Å²) < 4.78 is 4.35. The Morgan fingerprint density at radius 3 is 2.35 bits per heavy atom.